The molecule has 39 heavy (non-hydrogen) atoms. The molecule has 1 aliphatic rings. The molecule has 0 amide bonds. The Labute approximate surface area is 290 Å². The zero-order valence-corrected chi connectivity index (χ0v) is 30.0. The first-order valence-electron chi connectivity index (χ1n) is 9.56. The number of nitrogen functional groups attached to an aromatic ring is 1. The van der Waals surface area contributed by atoms with Crippen LogP contribution in [0.3, 0.4) is 0 Å². The summed E-state index contributed by atoms with van der Waals surface area (Å²) in [5, 5.41) is 25.0. The van der Waals surface area contributed by atoms with E-state index in [-0.39, 0.29) is 100 Å². The Bertz CT molecular complexity index is 1410. The summed E-state index contributed by atoms with van der Waals surface area (Å²) in [6.45, 7) is -1.06. The third kappa shape index (κ3) is 9.45. The molecule has 1 fully saturated rings. The van der Waals surface area contributed by atoms with Crippen LogP contribution in [0.2, 0.25) is 0 Å². The SMILES string of the molecule is Nc1ncnc2c1c(-c1ccsc1)cn2[C@@H]1O[C@H](COP(=O)([O-])OP(=O)([O-])OP(=O)([O-])O)[C@@H](O)[C@H]1O.[Na+].[Na+].[Na+]. The number of hydrogen-bond acceptors (Lipinski definition) is 16. The third-order valence-electron chi connectivity index (χ3n) is 4.88. The molecule has 4 heterocycles. The van der Waals surface area contributed by atoms with Crippen molar-refractivity contribution in [3.05, 3.63) is 29.4 Å². The van der Waals surface area contributed by atoms with Gasteiger partial charge in [0.1, 0.15) is 36.1 Å². The van der Waals surface area contributed by atoms with Crippen LogP contribution >= 0.6 is 34.8 Å². The molecule has 0 spiro atoms. The summed E-state index contributed by atoms with van der Waals surface area (Å²) < 4.78 is 51.6. The molecule has 3 aromatic rings. The Morgan fingerprint density at radius 2 is 1.74 bits per heavy atom. The largest absolute Gasteiger partial charge is 1.00 e. The normalized spacial score (nSPS) is 25.4. The molecule has 17 nitrogen and oxygen atoms in total. The second-order valence-corrected chi connectivity index (χ2v) is 12.4. The van der Waals surface area contributed by atoms with Crippen molar-refractivity contribution in [1.82, 2.24) is 14.5 Å². The number of aromatic nitrogens is 3. The fourth-order valence-electron chi connectivity index (χ4n) is 3.49. The van der Waals surface area contributed by atoms with Crippen molar-refractivity contribution in [2.75, 3.05) is 12.3 Å². The second-order valence-electron chi connectivity index (χ2n) is 7.29. The maximum Gasteiger partial charge on any atom is 1.00 e. The van der Waals surface area contributed by atoms with Crippen LogP contribution in [-0.2, 0) is 31.6 Å². The molecule has 198 valence electrons. The number of thiophene rings is 1. The molecule has 3 unspecified atom stereocenters. The number of nitrogens with zero attached hydrogens (tertiary/aromatic N) is 3. The third-order valence-corrected chi connectivity index (χ3v) is 9.26. The summed E-state index contributed by atoms with van der Waals surface area (Å²) in [7, 11) is -17.8. The number of aliphatic hydroxyl groups is 2. The predicted molar refractivity (Wildman–Crippen MR) is 114 cm³/mol. The van der Waals surface area contributed by atoms with E-state index >= 15 is 0 Å². The predicted octanol–water partition coefficient (Wildman–Crippen LogP) is -10.2. The minimum atomic E-state index is -6.10. The van der Waals surface area contributed by atoms with Gasteiger partial charge >= 0.3 is 88.7 Å². The Kier molecular flexibility index (Phi) is 14.7. The molecular formula is C15H16N4Na3O13P3S. The number of nitrogens with two attached hydrogens (primary N) is 1. The number of phosphoric acid groups is 3. The van der Waals surface area contributed by atoms with E-state index in [1.165, 1.54) is 22.2 Å². The first-order valence-corrected chi connectivity index (χ1v) is 14.9. The quantitative estimate of drug-likeness (QED) is 0.123. The van der Waals surface area contributed by atoms with Gasteiger partial charge in [-0.15, -0.1) is 0 Å². The van der Waals surface area contributed by atoms with Crippen LogP contribution in [0.25, 0.3) is 22.2 Å². The standard InChI is InChI=1S/C15H19N4O13P3S.3Na/c16-13-10-8(7-1-2-36-5-7)3-19(14(10)18-6-17-13)15-12(21)11(20)9(30-15)4-29-34(25,26)32-35(27,28)31-33(22,23)24;;;/h1-3,5-6,9,11-12,15,20-21H,4H2,(H,25,26)(H,27,28)(H2,16,17,18)(H2,22,23,24);;;/q;3*+1/p-3/t9-,11-,12-,15-;;;/m1.../s1. The van der Waals surface area contributed by atoms with Gasteiger partial charge in [-0.1, -0.05) is 0 Å². The fraction of sp³-hybridized carbons (Fsp3) is 0.333. The summed E-state index contributed by atoms with van der Waals surface area (Å²) in [5.41, 5.74) is 7.61. The van der Waals surface area contributed by atoms with Crippen molar-refractivity contribution in [1.29, 1.82) is 0 Å². The number of hydrogen-bond donors (Lipinski definition) is 4. The van der Waals surface area contributed by atoms with Gasteiger partial charge in [0.2, 0.25) is 0 Å². The maximum atomic E-state index is 11.8. The van der Waals surface area contributed by atoms with Gasteiger partial charge in [-0.05, 0) is 22.4 Å². The van der Waals surface area contributed by atoms with Gasteiger partial charge in [0.05, 0.1) is 12.0 Å². The number of fused-ring (bicyclic) bond motifs is 1. The van der Waals surface area contributed by atoms with Crippen LogP contribution in [0.15, 0.2) is 29.4 Å². The molecule has 0 aromatic carbocycles. The molecule has 3 aromatic heterocycles. The van der Waals surface area contributed by atoms with E-state index in [4.69, 9.17) is 15.4 Å². The molecule has 1 saturated heterocycles. The summed E-state index contributed by atoms with van der Waals surface area (Å²) >= 11 is 1.41. The summed E-state index contributed by atoms with van der Waals surface area (Å²) in [6.07, 6.45) is -3.50. The Balaban J connectivity index is 0.00000253. The van der Waals surface area contributed by atoms with Gasteiger partial charge in [0.25, 0.3) is 23.5 Å². The van der Waals surface area contributed by atoms with Crippen molar-refractivity contribution >= 4 is 51.7 Å². The molecule has 1 aliphatic heterocycles. The van der Waals surface area contributed by atoms with Gasteiger partial charge in [-0.2, -0.15) is 11.3 Å². The Morgan fingerprint density at radius 1 is 1.08 bits per heavy atom. The molecule has 24 heteroatoms. The van der Waals surface area contributed by atoms with Crippen LogP contribution in [0.1, 0.15) is 6.23 Å². The molecule has 4 rings (SSSR count). The van der Waals surface area contributed by atoms with Gasteiger partial charge in [-0.3, -0.25) is 13.7 Å². The van der Waals surface area contributed by atoms with Gasteiger partial charge in [-0.25, -0.2) is 18.6 Å². The van der Waals surface area contributed by atoms with Crippen molar-refractivity contribution in [3.63, 3.8) is 0 Å². The topological polar surface area (TPSA) is 275 Å². The average Bonchev–Trinajstić information content (AvgIpc) is 3.44. The first-order chi connectivity index (χ1) is 16.7. The van der Waals surface area contributed by atoms with E-state index in [0.717, 1.165) is 5.56 Å². The number of ether oxygens (including phenoxy) is 1. The van der Waals surface area contributed by atoms with Gasteiger partial charge in [0.15, 0.2) is 6.23 Å². The smallest absolute Gasteiger partial charge is 0.756 e. The summed E-state index contributed by atoms with van der Waals surface area (Å²) in [5.74, 6) is 0.132. The number of rotatable bonds is 9. The van der Waals surface area contributed by atoms with Crippen molar-refractivity contribution in [3.8, 4) is 11.1 Å². The molecule has 0 saturated carbocycles. The van der Waals surface area contributed by atoms with E-state index in [1.807, 2.05) is 10.8 Å². The number of aliphatic hydroxyl groups excluding tert-OH is 2. The monoisotopic (exact) mass is 654 g/mol. The van der Waals surface area contributed by atoms with E-state index in [1.54, 1.807) is 12.3 Å². The minimum absolute atomic E-state index is 0. The number of anilines is 1. The van der Waals surface area contributed by atoms with Gasteiger partial charge in [0, 0.05) is 11.8 Å². The molecule has 0 radical (unpaired) electrons. The molecule has 7 atom stereocenters. The fourth-order valence-corrected chi connectivity index (χ4v) is 7.04. The molecule has 0 bridgehead atoms. The summed E-state index contributed by atoms with van der Waals surface area (Å²) in [6, 6.07) is 1.81. The number of phosphoric ester groups is 1. The van der Waals surface area contributed by atoms with Crippen LogP contribution in [0.5, 0.6) is 0 Å². The van der Waals surface area contributed by atoms with Crippen LogP contribution < -0.4 is 109 Å². The summed E-state index contributed by atoms with van der Waals surface area (Å²) in [4.78, 5) is 50.2. The second kappa shape index (κ2) is 14.9. The zero-order chi connectivity index (χ0) is 26.5. The van der Waals surface area contributed by atoms with Gasteiger partial charge < -0.3 is 49.3 Å². The first kappa shape index (κ1) is 38.4. The minimum Gasteiger partial charge on any atom is -0.756 e. The maximum absolute atomic E-state index is 11.8. The van der Waals surface area contributed by atoms with Crippen molar-refractivity contribution in [2.24, 2.45) is 0 Å². The van der Waals surface area contributed by atoms with E-state index in [9.17, 15) is 38.6 Å². The van der Waals surface area contributed by atoms with Crippen LogP contribution in [0.4, 0.5) is 5.82 Å². The molecule has 5 N–H and O–H groups in total. The van der Waals surface area contributed by atoms with Crippen molar-refractivity contribution in [2.45, 2.75) is 24.5 Å². The van der Waals surface area contributed by atoms with Crippen LogP contribution in [0, 0.1) is 0 Å². The Morgan fingerprint density at radius 3 is 2.33 bits per heavy atom. The van der Waals surface area contributed by atoms with E-state index in [0.29, 0.717) is 10.9 Å². The Hall–Kier alpha value is 1.41. The van der Waals surface area contributed by atoms with Crippen molar-refractivity contribution < 1.29 is 150 Å². The van der Waals surface area contributed by atoms with E-state index in [2.05, 4.69) is 23.1 Å². The van der Waals surface area contributed by atoms with Crippen LogP contribution in [-0.4, -0.2) is 54.6 Å². The average molecular weight is 654 g/mol. The zero-order valence-electron chi connectivity index (χ0n) is 20.5. The van der Waals surface area contributed by atoms with E-state index < -0.39 is 54.6 Å². The molecule has 0 aliphatic carbocycles. The molecular weight excluding hydrogens is 638 g/mol.